The minimum absolute atomic E-state index is 0.290. The Kier molecular flexibility index (Phi) is 14.7. The summed E-state index contributed by atoms with van der Waals surface area (Å²) in [5, 5.41) is 17.5. The topological polar surface area (TPSA) is 74.6 Å². The van der Waals surface area contributed by atoms with Gasteiger partial charge < -0.3 is 10.2 Å². The molecule has 0 saturated carbocycles. The molecule has 1 rings (SSSR count). The van der Waals surface area contributed by atoms with Gasteiger partial charge in [-0.15, -0.1) is 0 Å². The van der Waals surface area contributed by atoms with Crippen LogP contribution in [-0.2, 0) is 28.9 Å². The number of carboxylic acid groups (broad SMARTS) is 2. The number of hydrogen-bond donors (Lipinski definition) is 2. The van der Waals surface area contributed by atoms with E-state index in [1.165, 1.54) is 43.2 Å². The molecule has 0 bridgehead atoms. The van der Waals surface area contributed by atoms with Crippen molar-refractivity contribution in [1.29, 1.82) is 0 Å². The van der Waals surface area contributed by atoms with Crippen molar-refractivity contribution in [3.05, 3.63) is 34.9 Å². The maximum Gasteiger partial charge on any atom is 0.303 e. The van der Waals surface area contributed by atoms with Crippen LogP contribution in [0, 0.1) is 5.92 Å². The van der Waals surface area contributed by atoms with E-state index in [1.54, 1.807) is 5.56 Å². The third-order valence-electron chi connectivity index (χ3n) is 6.02. The molecule has 0 aliphatic carbocycles. The number of rotatable bonds is 19. The third-order valence-corrected chi connectivity index (χ3v) is 6.02. The zero-order valence-corrected chi connectivity index (χ0v) is 19.8. The van der Waals surface area contributed by atoms with Crippen LogP contribution >= 0.6 is 0 Å². The van der Waals surface area contributed by atoms with E-state index in [0.29, 0.717) is 18.8 Å². The first kappa shape index (κ1) is 27.2. The molecule has 0 radical (unpaired) electrons. The first-order chi connectivity index (χ1) is 14.9. The second-order valence-electron chi connectivity index (χ2n) is 9.31. The molecule has 0 spiro atoms. The monoisotopic (exact) mass is 432 g/mol. The van der Waals surface area contributed by atoms with Crippen LogP contribution < -0.4 is 0 Å². The lowest BCUT2D eigenvalue weighted by Gasteiger charge is -2.16. The van der Waals surface area contributed by atoms with Gasteiger partial charge >= 0.3 is 11.9 Å². The highest BCUT2D eigenvalue weighted by Crippen LogP contribution is 2.23. The van der Waals surface area contributed by atoms with Gasteiger partial charge in [-0.25, -0.2) is 0 Å². The number of aliphatic carboxylic acids is 2. The molecule has 4 nitrogen and oxygen atoms in total. The smallest absolute Gasteiger partial charge is 0.303 e. The van der Waals surface area contributed by atoms with E-state index in [2.05, 4.69) is 32.0 Å². The van der Waals surface area contributed by atoms with Gasteiger partial charge in [-0.2, -0.15) is 0 Å². The molecular formula is C27H44O4. The zero-order valence-electron chi connectivity index (χ0n) is 19.8. The summed E-state index contributed by atoms with van der Waals surface area (Å²) in [5.41, 5.74) is 4.57. The Morgan fingerprint density at radius 2 is 1.13 bits per heavy atom. The minimum Gasteiger partial charge on any atom is -0.481 e. The van der Waals surface area contributed by atoms with Crippen LogP contribution in [-0.4, -0.2) is 22.2 Å². The van der Waals surface area contributed by atoms with Gasteiger partial charge in [0.25, 0.3) is 0 Å². The Morgan fingerprint density at radius 1 is 0.677 bits per heavy atom. The van der Waals surface area contributed by atoms with E-state index in [4.69, 9.17) is 10.2 Å². The summed E-state index contributed by atoms with van der Waals surface area (Å²) < 4.78 is 0. The first-order valence-corrected chi connectivity index (χ1v) is 12.4. The maximum atomic E-state index is 10.6. The van der Waals surface area contributed by atoms with Gasteiger partial charge in [-0.3, -0.25) is 9.59 Å². The van der Waals surface area contributed by atoms with Crippen LogP contribution in [0.2, 0.25) is 0 Å². The van der Waals surface area contributed by atoms with E-state index in [1.807, 2.05) is 0 Å². The van der Waals surface area contributed by atoms with Gasteiger partial charge in [0, 0.05) is 12.8 Å². The van der Waals surface area contributed by atoms with Gasteiger partial charge in [0.1, 0.15) is 0 Å². The highest BCUT2D eigenvalue weighted by atomic mass is 16.4. The lowest BCUT2D eigenvalue weighted by atomic mass is 9.89. The molecule has 1 aromatic carbocycles. The first-order valence-electron chi connectivity index (χ1n) is 12.4. The highest BCUT2D eigenvalue weighted by molar-refractivity contribution is 5.66. The van der Waals surface area contributed by atoms with E-state index >= 15 is 0 Å². The molecule has 0 fully saturated rings. The fourth-order valence-electron chi connectivity index (χ4n) is 4.15. The molecule has 176 valence electrons. The summed E-state index contributed by atoms with van der Waals surface area (Å²) in [5.74, 6) is -0.674. The SMILES string of the molecule is CC(C)CCc1cccc(CCCCCCCC(=O)O)c1CCCCCCCC(=O)O. The molecule has 2 N–H and O–H groups in total. The number of hydrogen-bond acceptors (Lipinski definition) is 2. The molecule has 0 aliphatic rings. The Balaban J connectivity index is 2.52. The molecule has 0 amide bonds. The molecule has 0 aromatic heterocycles. The molecule has 0 heterocycles. The summed E-state index contributed by atoms with van der Waals surface area (Å²) >= 11 is 0. The van der Waals surface area contributed by atoms with Crippen LogP contribution in [0.1, 0.15) is 114 Å². The van der Waals surface area contributed by atoms with Crippen molar-refractivity contribution in [2.45, 2.75) is 117 Å². The van der Waals surface area contributed by atoms with Crippen LogP contribution in [0.4, 0.5) is 0 Å². The summed E-state index contributed by atoms with van der Waals surface area (Å²) in [6.07, 6.45) is 15.7. The van der Waals surface area contributed by atoms with E-state index in [-0.39, 0.29) is 0 Å². The second-order valence-corrected chi connectivity index (χ2v) is 9.31. The molecule has 4 heteroatoms. The van der Waals surface area contributed by atoms with Gasteiger partial charge in [-0.05, 0) is 74.0 Å². The normalized spacial score (nSPS) is 11.2. The fourth-order valence-corrected chi connectivity index (χ4v) is 4.15. The Labute approximate surface area is 189 Å². The number of carboxylic acids is 2. The molecule has 0 unspecified atom stereocenters. The van der Waals surface area contributed by atoms with Crippen LogP contribution in [0.25, 0.3) is 0 Å². The third kappa shape index (κ3) is 14.0. The van der Waals surface area contributed by atoms with Gasteiger partial charge in [0.15, 0.2) is 0 Å². The number of aryl methyl sites for hydroxylation is 2. The molecule has 1 aromatic rings. The lowest BCUT2D eigenvalue weighted by molar-refractivity contribution is -0.138. The van der Waals surface area contributed by atoms with E-state index < -0.39 is 11.9 Å². The number of benzene rings is 1. The van der Waals surface area contributed by atoms with Crippen molar-refractivity contribution in [2.75, 3.05) is 0 Å². The predicted molar refractivity (Wildman–Crippen MR) is 128 cm³/mol. The Bertz CT molecular complexity index is 636. The fraction of sp³-hybridized carbons (Fsp3) is 0.704. The average molecular weight is 433 g/mol. The Hall–Kier alpha value is -1.84. The standard InChI is InChI=1S/C27H44O4/c1-22(2)20-21-24-16-13-15-23(14-9-5-3-7-11-18-26(28)29)25(24)17-10-6-4-8-12-19-27(30)31/h13,15-16,22H,3-12,14,17-21H2,1-2H3,(H,28,29)(H,30,31). The lowest BCUT2D eigenvalue weighted by Crippen LogP contribution is -2.03. The minimum atomic E-state index is -0.690. The van der Waals surface area contributed by atoms with Crippen molar-refractivity contribution in [1.82, 2.24) is 0 Å². The summed E-state index contributed by atoms with van der Waals surface area (Å²) in [7, 11) is 0. The average Bonchev–Trinajstić information content (AvgIpc) is 2.71. The van der Waals surface area contributed by atoms with Crippen molar-refractivity contribution >= 4 is 11.9 Å². The second kappa shape index (κ2) is 16.8. The van der Waals surface area contributed by atoms with Crippen LogP contribution in [0.3, 0.4) is 0 Å². The van der Waals surface area contributed by atoms with E-state index in [0.717, 1.165) is 57.8 Å². The summed E-state index contributed by atoms with van der Waals surface area (Å²) in [6.45, 7) is 4.57. The molecule has 31 heavy (non-hydrogen) atoms. The van der Waals surface area contributed by atoms with Crippen molar-refractivity contribution in [3.63, 3.8) is 0 Å². The molecule has 0 aliphatic heterocycles. The number of carbonyl (C=O) groups is 2. The Morgan fingerprint density at radius 3 is 1.65 bits per heavy atom. The highest BCUT2D eigenvalue weighted by Gasteiger charge is 2.10. The zero-order chi connectivity index (χ0) is 22.9. The van der Waals surface area contributed by atoms with Gasteiger partial charge in [0.2, 0.25) is 0 Å². The van der Waals surface area contributed by atoms with Crippen molar-refractivity contribution < 1.29 is 19.8 Å². The van der Waals surface area contributed by atoms with Gasteiger partial charge in [0.05, 0.1) is 0 Å². The van der Waals surface area contributed by atoms with Crippen LogP contribution in [0.15, 0.2) is 18.2 Å². The summed E-state index contributed by atoms with van der Waals surface area (Å²) in [4.78, 5) is 21.2. The predicted octanol–water partition coefficient (Wildman–Crippen LogP) is 7.21. The summed E-state index contributed by atoms with van der Waals surface area (Å²) in [6, 6.07) is 6.82. The van der Waals surface area contributed by atoms with E-state index in [9.17, 15) is 9.59 Å². The molecular weight excluding hydrogens is 388 g/mol. The van der Waals surface area contributed by atoms with Crippen LogP contribution in [0.5, 0.6) is 0 Å². The van der Waals surface area contributed by atoms with Gasteiger partial charge in [-0.1, -0.05) is 70.6 Å². The van der Waals surface area contributed by atoms with Crippen molar-refractivity contribution in [3.8, 4) is 0 Å². The molecule has 0 atom stereocenters. The van der Waals surface area contributed by atoms with Crippen molar-refractivity contribution in [2.24, 2.45) is 5.92 Å². The quantitative estimate of drug-likeness (QED) is 0.226. The molecule has 0 saturated heterocycles. The maximum absolute atomic E-state index is 10.6. The largest absolute Gasteiger partial charge is 0.481 e. The number of unbranched alkanes of at least 4 members (excludes halogenated alkanes) is 8.